The molecule has 1 aliphatic carbocycles. The Balaban J connectivity index is 1.80. The lowest BCUT2D eigenvalue weighted by molar-refractivity contribution is 0.444. The van der Waals surface area contributed by atoms with Gasteiger partial charge in [-0.1, -0.05) is 6.42 Å². The van der Waals surface area contributed by atoms with E-state index in [9.17, 15) is 0 Å². The van der Waals surface area contributed by atoms with Gasteiger partial charge in [0, 0.05) is 31.1 Å². The van der Waals surface area contributed by atoms with Gasteiger partial charge in [0.15, 0.2) is 11.4 Å². The summed E-state index contributed by atoms with van der Waals surface area (Å²) in [6, 6.07) is 0.518. The van der Waals surface area contributed by atoms with Crippen LogP contribution in [0.4, 0.5) is 11.8 Å². The summed E-state index contributed by atoms with van der Waals surface area (Å²) >= 11 is 0. The fourth-order valence-corrected chi connectivity index (χ4v) is 3.34. The molecule has 0 saturated carbocycles. The van der Waals surface area contributed by atoms with Crippen LogP contribution in [0.25, 0.3) is 11.1 Å². The number of furan rings is 1. The van der Waals surface area contributed by atoms with Crippen molar-refractivity contribution in [3.05, 3.63) is 11.3 Å². The van der Waals surface area contributed by atoms with Crippen LogP contribution in [0, 0.1) is 0 Å². The molecule has 6 nitrogen and oxygen atoms in total. The highest BCUT2D eigenvalue weighted by Crippen LogP contribution is 2.36. The van der Waals surface area contributed by atoms with Gasteiger partial charge in [0.25, 0.3) is 0 Å². The topological polar surface area (TPSA) is 80.2 Å². The van der Waals surface area contributed by atoms with Gasteiger partial charge in [-0.3, -0.25) is 0 Å². The largest absolute Gasteiger partial charge is 0.455 e. The molecule has 3 heterocycles. The van der Waals surface area contributed by atoms with Crippen LogP contribution in [-0.4, -0.2) is 36.1 Å². The van der Waals surface area contributed by atoms with E-state index >= 15 is 0 Å². The first-order valence-corrected chi connectivity index (χ1v) is 7.76. The molecule has 1 saturated heterocycles. The Bertz CT molecular complexity index is 674. The van der Waals surface area contributed by atoms with E-state index in [-0.39, 0.29) is 0 Å². The van der Waals surface area contributed by atoms with Crippen molar-refractivity contribution < 1.29 is 4.42 Å². The van der Waals surface area contributed by atoms with Crippen molar-refractivity contribution in [3.63, 3.8) is 0 Å². The molecule has 112 valence electrons. The van der Waals surface area contributed by atoms with E-state index in [0.717, 1.165) is 48.6 Å². The second-order valence-electron chi connectivity index (χ2n) is 6.04. The molecule has 1 fully saturated rings. The number of hydrogen-bond donors (Lipinski definition) is 2. The number of hydrogen-bond acceptors (Lipinski definition) is 6. The van der Waals surface area contributed by atoms with Crippen LogP contribution >= 0.6 is 0 Å². The Morgan fingerprint density at radius 1 is 1.19 bits per heavy atom. The van der Waals surface area contributed by atoms with Gasteiger partial charge in [0.05, 0.1) is 0 Å². The molecule has 0 spiro atoms. The number of nitrogens with one attached hydrogen (secondary N) is 1. The van der Waals surface area contributed by atoms with Crippen LogP contribution in [0.1, 0.15) is 30.6 Å². The number of nitrogens with zero attached hydrogens (tertiary/aromatic N) is 3. The standard InChI is InChI=1S/C15H21N5O/c1-17-9-7-20(8-9)14-13-12(18-15(16)19-14)10-5-3-2-4-6-11(10)21-13/h9,17H,2-8H2,1H3,(H2,16,18,19). The van der Waals surface area contributed by atoms with E-state index in [1.54, 1.807) is 0 Å². The Kier molecular flexibility index (Phi) is 2.99. The maximum Gasteiger partial charge on any atom is 0.222 e. The van der Waals surface area contributed by atoms with Crippen LogP contribution in [0.2, 0.25) is 0 Å². The number of likely N-dealkylation sites (N-methyl/N-ethyl adjacent to an activating group) is 1. The van der Waals surface area contributed by atoms with Gasteiger partial charge in [-0.05, 0) is 26.3 Å². The van der Waals surface area contributed by atoms with Crippen LogP contribution < -0.4 is 16.0 Å². The monoisotopic (exact) mass is 287 g/mol. The van der Waals surface area contributed by atoms with Crippen LogP contribution in [0.3, 0.4) is 0 Å². The molecule has 2 aromatic heterocycles. The Morgan fingerprint density at radius 2 is 2.00 bits per heavy atom. The second-order valence-corrected chi connectivity index (χ2v) is 6.04. The fourth-order valence-electron chi connectivity index (χ4n) is 3.34. The molecule has 0 amide bonds. The van der Waals surface area contributed by atoms with Gasteiger partial charge in [-0.15, -0.1) is 0 Å². The second kappa shape index (κ2) is 4.87. The van der Waals surface area contributed by atoms with Crippen molar-refractivity contribution in [1.29, 1.82) is 0 Å². The summed E-state index contributed by atoms with van der Waals surface area (Å²) in [6.07, 6.45) is 5.69. The van der Waals surface area contributed by atoms with Gasteiger partial charge in [-0.25, -0.2) is 4.98 Å². The molecule has 2 aliphatic rings. The maximum atomic E-state index is 6.14. The lowest BCUT2D eigenvalue weighted by Gasteiger charge is -2.39. The highest BCUT2D eigenvalue weighted by atomic mass is 16.3. The van der Waals surface area contributed by atoms with Gasteiger partial charge in [0.1, 0.15) is 11.3 Å². The van der Waals surface area contributed by atoms with Crippen molar-refractivity contribution >= 4 is 22.9 Å². The first-order valence-electron chi connectivity index (χ1n) is 7.76. The van der Waals surface area contributed by atoms with Crippen LogP contribution in [0.15, 0.2) is 4.42 Å². The molecule has 0 unspecified atom stereocenters. The average Bonchev–Trinajstić information content (AvgIpc) is 2.62. The molecule has 1 aliphatic heterocycles. The number of anilines is 2. The highest BCUT2D eigenvalue weighted by Gasteiger charge is 2.31. The molecule has 2 aromatic rings. The maximum absolute atomic E-state index is 6.14. The molecule has 4 rings (SSSR count). The summed E-state index contributed by atoms with van der Waals surface area (Å²) in [5.74, 6) is 2.30. The quantitative estimate of drug-likeness (QED) is 0.814. The minimum absolute atomic E-state index is 0.346. The molecular weight excluding hydrogens is 266 g/mol. The first-order chi connectivity index (χ1) is 10.3. The van der Waals surface area contributed by atoms with E-state index in [1.165, 1.54) is 24.8 Å². The predicted molar refractivity (Wildman–Crippen MR) is 82.5 cm³/mol. The number of nitrogen functional groups attached to an aromatic ring is 1. The summed E-state index contributed by atoms with van der Waals surface area (Å²) in [4.78, 5) is 11.1. The predicted octanol–water partition coefficient (Wildman–Crippen LogP) is 1.48. The molecule has 3 N–H and O–H groups in total. The smallest absolute Gasteiger partial charge is 0.222 e. The minimum atomic E-state index is 0.346. The van der Waals surface area contributed by atoms with Crippen LogP contribution in [0.5, 0.6) is 0 Å². The first kappa shape index (κ1) is 12.9. The van der Waals surface area contributed by atoms with Gasteiger partial charge < -0.3 is 20.4 Å². The zero-order chi connectivity index (χ0) is 14.4. The van der Waals surface area contributed by atoms with Crippen LogP contribution in [-0.2, 0) is 12.8 Å². The van der Waals surface area contributed by atoms with Crippen molar-refractivity contribution in [2.24, 2.45) is 0 Å². The van der Waals surface area contributed by atoms with E-state index in [1.807, 2.05) is 7.05 Å². The zero-order valence-electron chi connectivity index (χ0n) is 12.4. The zero-order valence-corrected chi connectivity index (χ0v) is 12.4. The van der Waals surface area contributed by atoms with Crippen molar-refractivity contribution in [2.75, 3.05) is 30.8 Å². The van der Waals surface area contributed by atoms with Crippen molar-refractivity contribution in [2.45, 2.75) is 38.1 Å². The average molecular weight is 287 g/mol. The van der Waals surface area contributed by atoms with Gasteiger partial charge >= 0.3 is 0 Å². The molecular formula is C15H21N5O. The summed E-state index contributed by atoms with van der Waals surface area (Å²) in [5.41, 5.74) is 8.94. The Morgan fingerprint density at radius 3 is 2.81 bits per heavy atom. The minimum Gasteiger partial charge on any atom is -0.455 e. The number of nitrogens with two attached hydrogens (primary N) is 1. The number of rotatable bonds is 2. The third-order valence-corrected chi connectivity index (χ3v) is 4.63. The van der Waals surface area contributed by atoms with Crippen molar-refractivity contribution in [1.82, 2.24) is 15.3 Å². The fraction of sp³-hybridized carbons (Fsp3) is 0.600. The lowest BCUT2D eigenvalue weighted by Crippen LogP contribution is -2.57. The molecule has 0 bridgehead atoms. The number of fused-ring (bicyclic) bond motifs is 3. The Labute approximate surface area is 123 Å². The number of aryl methyl sites for hydroxylation is 2. The van der Waals surface area contributed by atoms with Gasteiger partial charge in [0.2, 0.25) is 5.95 Å². The van der Waals surface area contributed by atoms with E-state index < -0.39 is 0 Å². The summed E-state index contributed by atoms with van der Waals surface area (Å²) < 4.78 is 6.14. The van der Waals surface area contributed by atoms with E-state index in [4.69, 9.17) is 10.2 Å². The summed E-state index contributed by atoms with van der Waals surface area (Å²) in [5, 5.41) is 3.27. The third-order valence-electron chi connectivity index (χ3n) is 4.63. The van der Waals surface area contributed by atoms with Gasteiger partial charge in [-0.2, -0.15) is 4.98 Å². The van der Waals surface area contributed by atoms with E-state index in [0.29, 0.717) is 12.0 Å². The van der Waals surface area contributed by atoms with Crippen molar-refractivity contribution in [3.8, 4) is 0 Å². The summed E-state index contributed by atoms with van der Waals surface area (Å²) in [7, 11) is 1.99. The number of aromatic nitrogens is 2. The molecule has 0 atom stereocenters. The third kappa shape index (κ3) is 2.05. The summed E-state index contributed by atoms with van der Waals surface area (Å²) in [6.45, 7) is 1.88. The molecule has 0 radical (unpaired) electrons. The molecule has 6 heteroatoms. The lowest BCUT2D eigenvalue weighted by atomic mass is 10.1. The highest BCUT2D eigenvalue weighted by molar-refractivity contribution is 5.89. The normalized spacial score (nSPS) is 19.4. The van der Waals surface area contributed by atoms with E-state index in [2.05, 4.69) is 20.2 Å². The molecule has 21 heavy (non-hydrogen) atoms. The molecule has 0 aromatic carbocycles. The Hall–Kier alpha value is -1.82. The SMILES string of the molecule is CNC1CN(c2nc(N)nc3c4c(oc23)CCCCC4)C1.